The lowest BCUT2D eigenvalue weighted by Crippen LogP contribution is -2.37. The van der Waals surface area contributed by atoms with E-state index >= 15 is 0 Å². The van der Waals surface area contributed by atoms with Gasteiger partial charge in [0.1, 0.15) is 5.75 Å². The SMILES string of the molecule is CC(C)Oc1ccccc1CN1CCC[C@H](SCC(=O)Nc2nnc(N[C@@H]3CCN(c4cccnn4)C3)s2)C1. The van der Waals surface area contributed by atoms with E-state index in [1.807, 2.05) is 24.3 Å². The monoisotopic (exact) mass is 568 g/mol. The van der Waals surface area contributed by atoms with E-state index < -0.39 is 0 Å². The fourth-order valence-corrected chi connectivity index (χ4v) is 6.79. The van der Waals surface area contributed by atoms with Gasteiger partial charge in [0.2, 0.25) is 16.2 Å². The Labute approximate surface area is 237 Å². The summed E-state index contributed by atoms with van der Waals surface area (Å²) in [4.78, 5) is 17.3. The summed E-state index contributed by atoms with van der Waals surface area (Å²) < 4.78 is 6.00. The number of thioether (sulfide) groups is 1. The number of para-hydroxylation sites is 1. The summed E-state index contributed by atoms with van der Waals surface area (Å²) in [5.41, 5.74) is 1.22. The van der Waals surface area contributed by atoms with E-state index in [1.54, 1.807) is 18.0 Å². The molecular weight excluding hydrogens is 532 g/mol. The molecule has 2 aliphatic heterocycles. The maximum atomic E-state index is 12.7. The Bertz CT molecular complexity index is 1210. The van der Waals surface area contributed by atoms with Gasteiger partial charge in [-0.05, 0) is 57.9 Å². The number of ether oxygens (including phenoxy) is 1. The van der Waals surface area contributed by atoms with Crippen molar-refractivity contribution in [1.29, 1.82) is 0 Å². The first kappa shape index (κ1) is 27.6. The van der Waals surface area contributed by atoms with Gasteiger partial charge in [-0.3, -0.25) is 15.0 Å². The molecule has 2 aliphatic rings. The van der Waals surface area contributed by atoms with Crippen molar-refractivity contribution in [3.05, 3.63) is 48.2 Å². The molecule has 0 radical (unpaired) electrons. The lowest BCUT2D eigenvalue weighted by atomic mass is 10.1. The molecule has 1 amide bonds. The smallest absolute Gasteiger partial charge is 0.236 e. The van der Waals surface area contributed by atoms with Gasteiger partial charge in [0, 0.05) is 49.2 Å². The van der Waals surface area contributed by atoms with Crippen LogP contribution in [0.1, 0.15) is 38.7 Å². The van der Waals surface area contributed by atoms with Crippen molar-refractivity contribution in [2.75, 3.05) is 47.5 Å². The normalized spacial score (nSPS) is 19.8. The second kappa shape index (κ2) is 13.4. The average molecular weight is 569 g/mol. The van der Waals surface area contributed by atoms with Crippen molar-refractivity contribution in [2.45, 2.75) is 57.1 Å². The van der Waals surface area contributed by atoms with Gasteiger partial charge in [-0.25, -0.2) is 0 Å². The van der Waals surface area contributed by atoms with E-state index in [-0.39, 0.29) is 18.1 Å². The second-order valence-corrected chi connectivity index (χ2v) is 12.5. The van der Waals surface area contributed by atoms with E-state index in [0.717, 1.165) is 63.6 Å². The highest BCUT2D eigenvalue weighted by Crippen LogP contribution is 2.28. The zero-order chi connectivity index (χ0) is 27.0. The summed E-state index contributed by atoms with van der Waals surface area (Å²) in [5, 5.41) is 24.6. The molecule has 2 saturated heterocycles. The van der Waals surface area contributed by atoms with Crippen LogP contribution in [0, 0.1) is 0 Å². The summed E-state index contributed by atoms with van der Waals surface area (Å²) in [5.74, 6) is 2.22. The molecule has 3 aromatic rings. The zero-order valence-electron chi connectivity index (χ0n) is 22.5. The van der Waals surface area contributed by atoms with Crippen molar-refractivity contribution in [1.82, 2.24) is 25.3 Å². The first-order chi connectivity index (χ1) is 19.0. The second-order valence-electron chi connectivity index (χ2n) is 10.2. The van der Waals surface area contributed by atoms with Crippen LogP contribution in [0.4, 0.5) is 16.1 Å². The van der Waals surface area contributed by atoms with Gasteiger partial charge < -0.3 is 15.0 Å². The van der Waals surface area contributed by atoms with Crippen molar-refractivity contribution in [3.63, 3.8) is 0 Å². The molecule has 12 heteroatoms. The first-order valence-electron chi connectivity index (χ1n) is 13.5. The lowest BCUT2D eigenvalue weighted by molar-refractivity contribution is -0.113. The number of amides is 1. The van der Waals surface area contributed by atoms with E-state index in [2.05, 4.69) is 66.8 Å². The average Bonchev–Trinajstić information content (AvgIpc) is 3.59. The van der Waals surface area contributed by atoms with Crippen LogP contribution in [0.5, 0.6) is 5.75 Å². The van der Waals surface area contributed by atoms with Crippen LogP contribution in [0.25, 0.3) is 0 Å². The number of likely N-dealkylation sites (tertiary alicyclic amines) is 1. The summed E-state index contributed by atoms with van der Waals surface area (Å²) in [6, 6.07) is 12.4. The predicted molar refractivity (Wildman–Crippen MR) is 158 cm³/mol. The summed E-state index contributed by atoms with van der Waals surface area (Å²) in [6.07, 6.45) is 5.06. The maximum Gasteiger partial charge on any atom is 0.236 e. The Morgan fingerprint density at radius 2 is 1.97 bits per heavy atom. The molecule has 0 aliphatic carbocycles. The van der Waals surface area contributed by atoms with Crippen LogP contribution in [-0.4, -0.2) is 80.5 Å². The molecule has 2 atom stereocenters. The Kier molecular flexibility index (Phi) is 9.49. The van der Waals surface area contributed by atoms with Crippen LogP contribution in [0.3, 0.4) is 0 Å². The third kappa shape index (κ3) is 8.02. The molecule has 2 N–H and O–H groups in total. The molecule has 0 unspecified atom stereocenters. The molecule has 5 rings (SSSR count). The van der Waals surface area contributed by atoms with E-state index in [4.69, 9.17) is 4.74 Å². The highest BCUT2D eigenvalue weighted by molar-refractivity contribution is 8.00. The topological polar surface area (TPSA) is 108 Å². The Balaban J connectivity index is 1.04. The minimum absolute atomic E-state index is 0.0369. The number of nitrogens with zero attached hydrogens (tertiary/aromatic N) is 6. The highest BCUT2D eigenvalue weighted by atomic mass is 32.2. The van der Waals surface area contributed by atoms with Crippen molar-refractivity contribution < 1.29 is 9.53 Å². The van der Waals surface area contributed by atoms with Crippen LogP contribution >= 0.6 is 23.1 Å². The van der Waals surface area contributed by atoms with Crippen molar-refractivity contribution >= 4 is 45.1 Å². The third-order valence-electron chi connectivity index (χ3n) is 6.71. The van der Waals surface area contributed by atoms with Crippen LogP contribution < -0.4 is 20.3 Å². The van der Waals surface area contributed by atoms with Gasteiger partial charge in [0.15, 0.2) is 5.82 Å². The summed E-state index contributed by atoms with van der Waals surface area (Å²) >= 11 is 3.10. The molecule has 208 valence electrons. The molecule has 2 aromatic heterocycles. The van der Waals surface area contributed by atoms with E-state index in [1.165, 1.54) is 16.9 Å². The molecule has 10 nitrogen and oxygen atoms in total. The van der Waals surface area contributed by atoms with Gasteiger partial charge in [-0.15, -0.1) is 27.1 Å². The van der Waals surface area contributed by atoms with E-state index in [0.29, 0.717) is 21.3 Å². The van der Waals surface area contributed by atoms with Crippen LogP contribution in [0.15, 0.2) is 42.6 Å². The van der Waals surface area contributed by atoms with Gasteiger partial charge in [0.25, 0.3) is 0 Å². The molecule has 39 heavy (non-hydrogen) atoms. The van der Waals surface area contributed by atoms with Crippen LogP contribution in [-0.2, 0) is 11.3 Å². The molecule has 2 fully saturated rings. The molecule has 1 aromatic carbocycles. The number of nitrogens with one attached hydrogen (secondary N) is 2. The Morgan fingerprint density at radius 1 is 1.10 bits per heavy atom. The fourth-order valence-electron chi connectivity index (χ4n) is 4.94. The number of carbonyl (C=O) groups excluding carboxylic acids is 1. The summed E-state index contributed by atoms with van der Waals surface area (Å²) in [6.45, 7) is 8.74. The maximum absolute atomic E-state index is 12.7. The van der Waals surface area contributed by atoms with Crippen molar-refractivity contribution in [2.24, 2.45) is 0 Å². The van der Waals surface area contributed by atoms with Gasteiger partial charge >= 0.3 is 0 Å². The minimum atomic E-state index is -0.0369. The fraction of sp³-hybridized carbons (Fsp3) is 0.519. The number of hydrogen-bond donors (Lipinski definition) is 2. The highest BCUT2D eigenvalue weighted by Gasteiger charge is 2.25. The zero-order valence-corrected chi connectivity index (χ0v) is 24.1. The number of carbonyl (C=O) groups is 1. The largest absolute Gasteiger partial charge is 0.491 e. The quantitative estimate of drug-likeness (QED) is 0.350. The molecular formula is C27H36N8O2S2. The van der Waals surface area contributed by atoms with E-state index in [9.17, 15) is 4.79 Å². The Morgan fingerprint density at radius 3 is 2.82 bits per heavy atom. The lowest BCUT2D eigenvalue weighted by Gasteiger charge is -2.32. The molecule has 4 heterocycles. The first-order valence-corrected chi connectivity index (χ1v) is 15.4. The number of piperidine rings is 1. The third-order valence-corrected chi connectivity index (χ3v) is 8.77. The number of aromatic nitrogens is 4. The van der Waals surface area contributed by atoms with Crippen molar-refractivity contribution in [3.8, 4) is 5.75 Å². The number of rotatable bonds is 11. The molecule has 0 bridgehead atoms. The summed E-state index contributed by atoms with van der Waals surface area (Å²) in [7, 11) is 0. The van der Waals surface area contributed by atoms with Crippen LogP contribution in [0.2, 0.25) is 0 Å². The minimum Gasteiger partial charge on any atom is -0.491 e. The van der Waals surface area contributed by atoms with Gasteiger partial charge in [-0.1, -0.05) is 29.5 Å². The number of hydrogen-bond acceptors (Lipinski definition) is 11. The number of anilines is 3. The Hall–Kier alpha value is -2.96. The molecule has 0 saturated carbocycles. The van der Waals surface area contributed by atoms with Gasteiger partial charge in [-0.2, -0.15) is 5.10 Å². The number of benzene rings is 1. The molecule has 0 spiro atoms. The predicted octanol–water partition coefficient (Wildman–Crippen LogP) is 4.14. The standard InChI is InChI=1S/C27H36N8O2S2/c1-19(2)37-23-9-4-3-7-20(23)15-34-13-6-8-22(17-34)38-18-25(36)30-27-33-32-26(39-27)29-21-11-14-35(16-21)24-10-5-12-28-31-24/h3-5,7,9-10,12,19,21-22H,6,8,11,13-18H2,1-2H3,(H,29,32)(H,30,33,36)/t21-,22+/m1/s1. The van der Waals surface area contributed by atoms with Gasteiger partial charge in [0.05, 0.1) is 11.9 Å².